The molecule has 0 saturated carbocycles. The van der Waals surface area contributed by atoms with Gasteiger partial charge in [-0.25, -0.2) is 9.59 Å². The molecular weight excluding hydrogens is 570 g/mol. The first-order valence-electron chi connectivity index (χ1n) is 14.4. The summed E-state index contributed by atoms with van der Waals surface area (Å²) in [6.45, 7) is 6.07. The number of carbonyl (C=O) groups is 3. The van der Waals surface area contributed by atoms with E-state index in [4.69, 9.17) is 31.4 Å². The van der Waals surface area contributed by atoms with E-state index in [9.17, 15) is 4.79 Å². The van der Waals surface area contributed by atoms with Crippen LogP contribution in [0.1, 0.15) is 54.5 Å². The highest BCUT2D eigenvalue weighted by molar-refractivity contribution is 6.30. The summed E-state index contributed by atoms with van der Waals surface area (Å²) in [7, 11) is 0. The fraction of sp³-hybridized carbons (Fsp3) is 0.364. The second kappa shape index (κ2) is 16.8. The Morgan fingerprint density at radius 1 is 0.791 bits per heavy atom. The van der Waals surface area contributed by atoms with E-state index >= 15 is 0 Å². The molecule has 0 aliphatic carbocycles. The van der Waals surface area contributed by atoms with Crippen molar-refractivity contribution in [3.8, 4) is 0 Å². The van der Waals surface area contributed by atoms with Gasteiger partial charge in [-0.1, -0.05) is 84.4 Å². The van der Waals surface area contributed by atoms with Crippen LogP contribution in [-0.2, 0) is 14.4 Å². The highest BCUT2D eigenvalue weighted by atomic mass is 35.5. The summed E-state index contributed by atoms with van der Waals surface area (Å²) in [5.41, 5.74) is 3.91. The molecule has 2 fully saturated rings. The van der Waals surface area contributed by atoms with Crippen molar-refractivity contribution >= 4 is 29.4 Å². The zero-order valence-electron chi connectivity index (χ0n) is 24.1. The smallest absolute Gasteiger partial charge is 0.414 e. The standard InChI is InChI=1S/C31H36ClN3O.C2H2O4.H2O/c32-28-17-15-25(16-18-28)29-13-7-14-30(36)35(29)20-8-19-33-21-23-34(24-22-33)31(26-9-3-1-4-10-26)27-11-5-2-6-12-27;3-1(4)2(5)6;/h1-6,9-12,15-18,29,31H,7-8,13-14,19-24H2;(H,3,4)(H,5,6);1H2. The van der Waals surface area contributed by atoms with Gasteiger partial charge in [0, 0.05) is 44.2 Å². The summed E-state index contributed by atoms with van der Waals surface area (Å²) >= 11 is 6.10. The maximum atomic E-state index is 12.8. The molecule has 1 unspecified atom stereocenters. The van der Waals surface area contributed by atoms with E-state index in [2.05, 4.69) is 87.5 Å². The lowest BCUT2D eigenvalue weighted by molar-refractivity contribution is -0.159. The second-order valence-electron chi connectivity index (χ2n) is 10.6. The van der Waals surface area contributed by atoms with Crippen LogP contribution in [0.3, 0.4) is 0 Å². The second-order valence-corrected chi connectivity index (χ2v) is 11.0. The maximum Gasteiger partial charge on any atom is 0.414 e. The monoisotopic (exact) mass is 609 g/mol. The van der Waals surface area contributed by atoms with Crippen LogP contribution in [-0.4, -0.2) is 87.5 Å². The SMILES string of the molecule is O.O=C(O)C(=O)O.O=C1CCCC(c2ccc(Cl)cc2)N1CCCN1CCN(C(c2ccccc2)c2ccccc2)CC1. The first kappa shape index (κ1) is 33.7. The zero-order valence-corrected chi connectivity index (χ0v) is 24.9. The Morgan fingerprint density at radius 2 is 1.33 bits per heavy atom. The third-order valence-corrected chi connectivity index (χ3v) is 8.13. The Morgan fingerprint density at radius 3 is 1.84 bits per heavy atom. The van der Waals surface area contributed by atoms with E-state index < -0.39 is 11.9 Å². The molecule has 43 heavy (non-hydrogen) atoms. The average molecular weight is 610 g/mol. The van der Waals surface area contributed by atoms with Crippen molar-refractivity contribution in [2.45, 2.75) is 37.8 Å². The van der Waals surface area contributed by atoms with Gasteiger partial charge >= 0.3 is 11.9 Å². The van der Waals surface area contributed by atoms with E-state index in [0.717, 1.165) is 63.6 Å². The van der Waals surface area contributed by atoms with Crippen molar-refractivity contribution in [3.05, 3.63) is 107 Å². The van der Waals surface area contributed by atoms with Gasteiger partial charge in [-0.15, -0.1) is 0 Å². The topological polar surface area (TPSA) is 133 Å². The molecule has 9 nitrogen and oxygen atoms in total. The van der Waals surface area contributed by atoms with Crippen LogP contribution in [0.15, 0.2) is 84.9 Å². The van der Waals surface area contributed by atoms with Crippen LogP contribution in [0, 0.1) is 0 Å². The summed E-state index contributed by atoms with van der Waals surface area (Å²) in [4.78, 5) is 38.3. The number of hydrogen-bond acceptors (Lipinski definition) is 5. The lowest BCUT2D eigenvalue weighted by atomic mass is 9.94. The minimum Gasteiger partial charge on any atom is -0.473 e. The molecule has 2 aliphatic rings. The van der Waals surface area contributed by atoms with Crippen molar-refractivity contribution in [1.82, 2.24) is 14.7 Å². The van der Waals surface area contributed by atoms with E-state index in [0.29, 0.717) is 18.4 Å². The number of aliphatic carboxylic acids is 2. The predicted molar refractivity (Wildman–Crippen MR) is 166 cm³/mol. The Bertz CT molecular complexity index is 1250. The summed E-state index contributed by atoms with van der Waals surface area (Å²) in [6, 6.07) is 30.2. The van der Waals surface area contributed by atoms with Gasteiger partial charge in [0.1, 0.15) is 0 Å². The minimum absolute atomic E-state index is 0. The molecule has 10 heteroatoms. The molecule has 2 heterocycles. The fourth-order valence-corrected chi connectivity index (χ4v) is 5.95. The van der Waals surface area contributed by atoms with E-state index in [-0.39, 0.29) is 11.5 Å². The molecule has 230 valence electrons. The van der Waals surface area contributed by atoms with Crippen LogP contribution in [0.5, 0.6) is 0 Å². The molecule has 3 aromatic carbocycles. The number of rotatable bonds is 8. The van der Waals surface area contributed by atoms with Crippen LogP contribution in [0.4, 0.5) is 0 Å². The number of hydrogen-bond donors (Lipinski definition) is 2. The quantitative estimate of drug-likeness (QED) is 0.359. The number of benzene rings is 3. The number of piperidine rings is 1. The summed E-state index contributed by atoms with van der Waals surface area (Å²) in [5, 5.41) is 15.5. The highest BCUT2D eigenvalue weighted by Gasteiger charge is 2.30. The number of carbonyl (C=O) groups excluding carboxylic acids is 1. The lowest BCUT2D eigenvalue weighted by Crippen LogP contribution is -2.48. The third kappa shape index (κ3) is 9.62. The predicted octanol–water partition coefficient (Wildman–Crippen LogP) is 4.52. The van der Waals surface area contributed by atoms with E-state index in [1.807, 2.05) is 12.1 Å². The Balaban J connectivity index is 0.000000658. The third-order valence-electron chi connectivity index (χ3n) is 7.88. The number of likely N-dealkylation sites (tertiary alicyclic amines) is 1. The molecule has 1 atom stereocenters. The molecule has 2 saturated heterocycles. The normalized spacial score (nSPS) is 17.5. The van der Waals surface area contributed by atoms with Gasteiger partial charge in [0.15, 0.2) is 0 Å². The number of halogens is 1. The van der Waals surface area contributed by atoms with Crippen molar-refractivity contribution < 1.29 is 30.1 Å². The molecule has 0 radical (unpaired) electrons. The van der Waals surface area contributed by atoms with Crippen molar-refractivity contribution in [2.75, 3.05) is 39.3 Å². The maximum absolute atomic E-state index is 12.8. The molecular formula is C33H40ClN3O6. The van der Waals surface area contributed by atoms with Crippen LogP contribution >= 0.6 is 11.6 Å². The summed E-state index contributed by atoms with van der Waals surface area (Å²) < 4.78 is 0. The number of carboxylic acids is 2. The zero-order chi connectivity index (χ0) is 29.9. The summed E-state index contributed by atoms with van der Waals surface area (Å²) in [6.07, 6.45) is 3.68. The molecule has 1 amide bonds. The van der Waals surface area contributed by atoms with Crippen LogP contribution < -0.4 is 0 Å². The molecule has 0 bridgehead atoms. The summed E-state index contributed by atoms with van der Waals surface area (Å²) in [5.74, 6) is -3.36. The molecule has 3 aromatic rings. The first-order chi connectivity index (χ1) is 20.3. The van der Waals surface area contributed by atoms with Crippen LogP contribution in [0.25, 0.3) is 0 Å². The van der Waals surface area contributed by atoms with Crippen molar-refractivity contribution in [3.63, 3.8) is 0 Å². The van der Waals surface area contributed by atoms with Gasteiger partial charge in [0.2, 0.25) is 5.91 Å². The first-order valence-corrected chi connectivity index (χ1v) is 14.8. The number of piperazine rings is 1. The molecule has 2 aliphatic heterocycles. The van der Waals surface area contributed by atoms with Crippen molar-refractivity contribution in [2.24, 2.45) is 0 Å². The van der Waals surface area contributed by atoms with Gasteiger partial charge in [-0.2, -0.15) is 0 Å². The number of amides is 1. The van der Waals surface area contributed by atoms with Crippen LogP contribution in [0.2, 0.25) is 5.02 Å². The minimum atomic E-state index is -1.82. The van der Waals surface area contributed by atoms with Gasteiger partial charge in [0.25, 0.3) is 0 Å². The molecule has 0 spiro atoms. The van der Waals surface area contributed by atoms with E-state index in [1.165, 1.54) is 16.7 Å². The number of nitrogens with zero attached hydrogens (tertiary/aromatic N) is 3. The Labute approximate surface area is 257 Å². The highest BCUT2D eigenvalue weighted by Crippen LogP contribution is 2.33. The van der Waals surface area contributed by atoms with Gasteiger partial charge in [-0.05, 0) is 54.6 Å². The molecule has 0 aromatic heterocycles. The fourth-order valence-electron chi connectivity index (χ4n) is 5.83. The van der Waals surface area contributed by atoms with Crippen molar-refractivity contribution in [1.29, 1.82) is 0 Å². The largest absolute Gasteiger partial charge is 0.473 e. The van der Waals surface area contributed by atoms with Gasteiger partial charge in [-0.3, -0.25) is 9.69 Å². The van der Waals surface area contributed by atoms with Gasteiger partial charge < -0.3 is 25.5 Å². The molecule has 4 N–H and O–H groups in total. The molecule has 5 rings (SSSR count). The Hall–Kier alpha value is -3.76. The lowest BCUT2D eigenvalue weighted by Gasteiger charge is -2.40. The van der Waals surface area contributed by atoms with Gasteiger partial charge in [0.05, 0.1) is 12.1 Å². The average Bonchev–Trinajstić information content (AvgIpc) is 3.01. The Kier molecular flexibility index (Phi) is 13.2. The van der Waals surface area contributed by atoms with E-state index in [1.54, 1.807) is 0 Å². The number of carboxylic acid groups (broad SMARTS) is 2.